The van der Waals surface area contributed by atoms with E-state index in [-0.39, 0.29) is 28.0 Å². The molecule has 0 bridgehead atoms. The average molecular weight is 450 g/mol. The van der Waals surface area contributed by atoms with E-state index in [1.54, 1.807) is 18.2 Å². The maximum Gasteiger partial charge on any atom is 0.181 e. The number of methoxy groups -OCH3 is 1. The summed E-state index contributed by atoms with van der Waals surface area (Å²) in [5.41, 5.74) is 0.724. The van der Waals surface area contributed by atoms with Crippen LogP contribution in [-0.4, -0.2) is 32.9 Å². The van der Waals surface area contributed by atoms with E-state index in [0.29, 0.717) is 17.9 Å². The van der Waals surface area contributed by atoms with Crippen molar-refractivity contribution < 1.29 is 22.7 Å². The third-order valence-corrected chi connectivity index (χ3v) is 8.13. The molecule has 0 radical (unpaired) electrons. The highest BCUT2D eigenvalue weighted by molar-refractivity contribution is 7.91. The van der Waals surface area contributed by atoms with Gasteiger partial charge in [-0.25, -0.2) is 12.8 Å². The van der Waals surface area contributed by atoms with Crippen molar-refractivity contribution in [3.05, 3.63) is 42.2 Å². The Morgan fingerprint density at radius 3 is 2.26 bits per heavy atom. The van der Waals surface area contributed by atoms with Crippen LogP contribution in [-0.2, 0) is 9.84 Å². The van der Waals surface area contributed by atoms with Gasteiger partial charge < -0.3 is 14.7 Å². The van der Waals surface area contributed by atoms with Gasteiger partial charge in [0.15, 0.2) is 21.3 Å². The predicted octanol–water partition coefficient (Wildman–Crippen LogP) is 5.83. The van der Waals surface area contributed by atoms with Crippen molar-refractivity contribution in [2.75, 3.05) is 24.3 Å². The highest BCUT2D eigenvalue weighted by Gasteiger charge is 2.42. The lowest BCUT2D eigenvalue weighted by atomic mass is 9.79. The summed E-state index contributed by atoms with van der Waals surface area (Å²) in [5.74, 6) is -0.330. The number of aromatic hydroxyl groups is 1. The molecule has 170 valence electrons. The van der Waals surface area contributed by atoms with Crippen LogP contribution in [0.15, 0.2) is 41.3 Å². The SMILES string of the molecule is CCCCC1(CCCC)CN(c2ccc(F)cc2)c2cc(OC)c(O)cc2S(=O)(=O)C1. The lowest BCUT2D eigenvalue weighted by molar-refractivity contribution is 0.270. The van der Waals surface area contributed by atoms with Gasteiger partial charge in [0, 0.05) is 29.8 Å². The molecule has 0 aromatic heterocycles. The van der Waals surface area contributed by atoms with E-state index in [1.165, 1.54) is 25.3 Å². The van der Waals surface area contributed by atoms with Crippen molar-refractivity contribution in [2.45, 2.75) is 57.3 Å². The second-order valence-electron chi connectivity index (χ2n) is 8.52. The summed E-state index contributed by atoms with van der Waals surface area (Å²) in [5, 5.41) is 10.3. The van der Waals surface area contributed by atoms with E-state index in [0.717, 1.165) is 38.5 Å². The number of rotatable bonds is 8. The fraction of sp³-hybridized carbons (Fsp3) is 0.500. The monoisotopic (exact) mass is 449 g/mol. The van der Waals surface area contributed by atoms with Crippen LogP contribution in [0.25, 0.3) is 0 Å². The minimum atomic E-state index is -3.67. The Morgan fingerprint density at radius 1 is 1.10 bits per heavy atom. The van der Waals surface area contributed by atoms with Gasteiger partial charge in [-0.15, -0.1) is 0 Å². The van der Waals surface area contributed by atoms with Crippen LogP contribution in [0, 0.1) is 11.2 Å². The Hall–Kier alpha value is -2.28. The normalized spacial score (nSPS) is 17.1. The van der Waals surface area contributed by atoms with E-state index in [9.17, 15) is 17.9 Å². The summed E-state index contributed by atoms with van der Waals surface area (Å²) >= 11 is 0. The van der Waals surface area contributed by atoms with Crippen molar-refractivity contribution >= 4 is 21.2 Å². The molecule has 0 amide bonds. The van der Waals surface area contributed by atoms with Crippen molar-refractivity contribution in [1.29, 1.82) is 0 Å². The summed E-state index contributed by atoms with van der Waals surface area (Å²) in [7, 11) is -2.24. The Morgan fingerprint density at radius 2 is 1.71 bits per heavy atom. The molecule has 7 heteroatoms. The first kappa shape index (κ1) is 23.4. The van der Waals surface area contributed by atoms with Crippen molar-refractivity contribution in [2.24, 2.45) is 5.41 Å². The lowest BCUT2D eigenvalue weighted by Gasteiger charge is -2.37. The molecule has 0 saturated heterocycles. The van der Waals surface area contributed by atoms with E-state index in [4.69, 9.17) is 4.74 Å². The average Bonchev–Trinajstić information content (AvgIpc) is 2.83. The van der Waals surface area contributed by atoms with Crippen LogP contribution in [0.3, 0.4) is 0 Å². The van der Waals surface area contributed by atoms with Gasteiger partial charge in [-0.3, -0.25) is 0 Å². The number of halogens is 1. The zero-order chi connectivity index (χ0) is 22.6. The van der Waals surface area contributed by atoms with Crippen molar-refractivity contribution in [3.63, 3.8) is 0 Å². The van der Waals surface area contributed by atoms with Gasteiger partial charge in [-0.1, -0.05) is 39.5 Å². The zero-order valence-electron chi connectivity index (χ0n) is 18.5. The number of anilines is 2. The maximum atomic E-state index is 13.6. The molecule has 1 aliphatic heterocycles. The van der Waals surface area contributed by atoms with Crippen molar-refractivity contribution in [1.82, 2.24) is 0 Å². The van der Waals surface area contributed by atoms with E-state index in [1.807, 2.05) is 4.90 Å². The summed E-state index contributed by atoms with van der Waals surface area (Å²) in [6.07, 6.45) is 5.40. The summed E-state index contributed by atoms with van der Waals surface area (Å²) in [4.78, 5) is 2.04. The fourth-order valence-corrected chi connectivity index (χ4v) is 6.61. The van der Waals surface area contributed by atoms with Crippen LogP contribution in [0.2, 0.25) is 0 Å². The minimum absolute atomic E-state index is 0.0243. The van der Waals surface area contributed by atoms with E-state index >= 15 is 0 Å². The summed E-state index contributed by atoms with van der Waals surface area (Å²) < 4.78 is 46.1. The fourth-order valence-electron chi connectivity index (χ4n) is 4.49. The molecule has 1 aliphatic rings. The third kappa shape index (κ3) is 4.97. The molecule has 0 aliphatic carbocycles. The first-order chi connectivity index (χ1) is 14.7. The van der Waals surface area contributed by atoms with E-state index in [2.05, 4.69) is 13.8 Å². The highest BCUT2D eigenvalue weighted by Crippen LogP contribution is 2.47. The van der Waals surface area contributed by atoms with Gasteiger partial charge >= 0.3 is 0 Å². The molecule has 0 fully saturated rings. The number of unbranched alkanes of at least 4 members (excludes halogenated alkanes) is 2. The molecule has 1 heterocycles. The lowest BCUT2D eigenvalue weighted by Crippen LogP contribution is -2.38. The maximum absolute atomic E-state index is 13.6. The quantitative estimate of drug-likeness (QED) is 0.549. The minimum Gasteiger partial charge on any atom is -0.504 e. The van der Waals surface area contributed by atoms with Gasteiger partial charge in [0.25, 0.3) is 0 Å². The third-order valence-electron chi connectivity index (χ3n) is 6.14. The van der Waals surface area contributed by atoms with Gasteiger partial charge in [0.05, 0.1) is 23.4 Å². The first-order valence-corrected chi connectivity index (χ1v) is 12.6. The largest absolute Gasteiger partial charge is 0.504 e. The molecule has 0 spiro atoms. The molecule has 0 unspecified atom stereocenters. The number of hydrogen-bond donors (Lipinski definition) is 1. The second kappa shape index (κ2) is 9.47. The van der Waals surface area contributed by atoms with Crippen LogP contribution in [0.5, 0.6) is 11.5 Å². The van der Waals surface area contributed by atoms with Crippen LogP contribution in [0.1, 0.15) is 52.4 Å². The molecule has 2 aromatic rings. The molecular weight excluding hydrogens is 417 g/mol. The van der Waals surface area contributed by atoms with Crippen molar-refractivity contribution in [3.8, 4) is 11.5 Å². The number of sulfone groups is 1. The Labute approximate surface area is 184 Å². The molecule has 1 N–H and O–H groups in total. The predicted molar refractivity (Wildman–Crippen MR) is 122 cm³/mol. The van der Waals surface area contributed by atoms with Crippen LogP contribution >= 0.6 is 0 Å². The summed E-state index contributed by atoms with van der Waals surface area (Å²) in [6, 6.07) is 8.95. The number of hydrogen-bond acceptors (Lipinski definition) is 5. The molecule has 0 atom stereocenters. The smallest absolute Gasteiger partial charge is 0.181 e. The number of fused-ring (bicyclic) bond motifs is 1. The topological polar surface area (TPSA) is 66.8 Å². The van der Waals surface area contributed by atoms with Gasteiger partial charge in [-0.2, -0.15) is 0 Å². The number of nitrogens with zero attached hydrogens (tertiary/aromatic N) is 1. The standard InChI is InChI=1S/C24H32FNO4S/c1-4-6-12-24(13-7-5-2)16-26(19-10-8-18(25)9-11-19)20-14-22(30-3)21(27)15-23(20)31(28,29)17-24/h8-11,14-15,27H,4-7,12-13,16-17H2,1-3H3. The Balaban J connectivity index is 2.24. The van der Waals surface area contributed by atoms with Crippen LogP contribution in [0.4, 0.5) is 15.8 Å². The Bertz CT molecular complexity index is 997. The molecular formula is C24H32FNO4S. The summed E-state index contributed by atoms with van der Waals surface area (Å²) in [6.45, 7) is 4.71. The number of phenolic OH excluding ortho intramolecular Hbond substituents is 1. The molecule has 31 heavy (non-hydrogen) atoms. The number of benzene rings is 2. The van der Waals surface area contributed by atoms with Gasteiger partial charge in [-0.05, 0) is 37.1 Å². The number of ether oxygens (including phenoxy) is 1. The zero-order valence-corrected chi connectivity index (χ0v) is 19.3. The number of phenols is 1. The van der Waals surface area contributed by atoms with Gasteiger partial charge in [0.2, 0.25) is 0 Å². The molecule has 5 nitrogen and oxygen atoms in total. The van der Waals surface area contributed by atoms with Gasteiger partial charge in [0.1, 0.15) is 5.82 Å². The second-order valence-corrected chi connectivity index (χ2v) is 10.5. The molecule has 3 rings (SSSR count). The highest BCUT2D eigenvalue weighted by atomic mass is 32.2. The molecule has 0 saturated carbocycles. The Kier molecular flexibility index (Phi) is 7.14. The van der Waals surface area contributed by atoms with Crippen LogP contribution < -0.4 is 9.64 Å². The van der Waals surface area contributed by atoms with E-state index < -0.39 is 15.3 Å². The molecule has 2 aromatic carbocycles. The first-order valence-electron chi connectivity index (χ1n) is 10.9.